The molecular formula is C13H19N5O2. The molecule has 7 nitrogen and oxygen atoms in total. The first-order valence-corrected chi connectivity index (χ1v) is 6.64. The molecule has 2 heterocycles. The third-order valence-corrected chi connectivity index (χ3v) is 2.80. The summed E-state index contributed by atoms with van der Waals surface area (Å²) in [5, 5.41) is 8.26. The van der Waals surface area contributed by atoms with Gasteiger partial charge in [0.1, 0.15) is 5.75 Å². The monoisotopic (exact) mass is 277 g/mol. The molecule has 0 aromatic carbocycles. The zero-order valence-corrected chi connectivity index (χ0v) is 11.5. The minimum absolute atomic E-state index is 0.195. The van der Waals surface area contributed by atoms with Crippen LogP contribution in [0.2, 0.25) is 0 Å². The number of hydrogen-bond donors (Lipinski definition) is 1. The van der Waals surface area contributed by atoms with Crippen LogP contribution in [0.15, 0.2) is 29.5 Å². The molecule has 0 aliphatic carbocycles. The van der Waals surface area contributed by atoms with Gasteiger partial charge in [0.2, 0.25) is 0 Å². The Labute approximate surface area is 117 Å². The van der Waals surface area contributed by atoms with Crippen molar-refractivity contribution in [2.75, 3.05) is 13.2 Å². The summed E-state index contributed by atoms with van der Waals surface area (Å²) in [5.74, 6) is 0.476. The molecule has 0 spiro atoms. The second-order valence-corrected chi connectivity index (χ2v) is 4.38. The average Bonchev–Trinajstić information content (AvgIpc) is 2.90. The molecule has 2 aromatic heterocycles. The fourth-order valence-electron chi connectivity index (χ4n) is 1.72. The molecule has 0 aliphatic heterocycles. The molecule has 2 N–H and O–H groups in total. The molecule has 0 fully saturated rings. The second-order valence-electron chi connectivity index (χ2n) is 4.38. The quantitative estimate of drug-likeness (QED) is 0.732. The second kappa shape index (κ2) is 6.85. The summed E-state index contributed by atoms with van der Waals surface area (Å²) >= 11 is 0. The van der Waals surface area contributed by atoms with Crippen LogP contribution in [0.5, 0.6) is 5.75 Å². The van der Waals surface area contributed by atoms with Crippen LogP contribution in [0.25, 0.3) is 0 Å². The van der Waals surface area contributed by atoms with Gasteiger partial charge in [0.15, 0.2) is 0 Å². The van der Waals surface area contributed by atoms with E-state index in [0.29, 0.717) is 25.4 Å². The van der Waals surface area contributed by atoms with Gasteiger partial charge in [-0.15, -0.1) is 0 Å². The Morgan fingerprint density at radius 2 is 2.20 bits per heavy atom. The SMILES string of the molecule is CCn1cc(Cn2ncc(OCCCN)cc2=O)cn1. The lowest BCUT2D eigenvalue weighted by Gasteiger charge is -2.06. The first-order chi connectivity index (χ1) is 9.72. The molecule has 2 aromatic rings. The van der Waals surface area contributed by atoms with Gasteiger partial charge in [-0.05, 0) is 19.9 Å². The number of aromatic nitrogens is 4. The summed E-state index contributed by atoms with van der Waals surface area (Å²) in [7, 11) is 0. The number of ether oxygens (including phenoxy) is 1. The van der Waals surface area contributed by atoms with E-state index in [2.05, 4.69) is 10.2 Å². The fraction of sp³-hybridized carbons (Fsp3) is 0.462. The van der Waals surface area contributed by atoms with Crippen molar-refractivity contribution in [2.45, 2.75) is 26.4 Å². The maximum Gasteiger partial charge on any atom is 0.270 e. The van der Waals surface area contributed by atoms with Crippen molar-refractivity contribution in [3.63, 3.8) is 0 Å². The molecule has 0 unspecified atom stereocenters. The highest BCUT2D eigenvalue weighted by atomic mass is 16.5. The Morgan fingerprint density at radius 1 is 1.35 bits per heavy atom. The zero-order valence-electron chi connectivity index (χ0n) is 11.5. The number of nitrogens with zero attached hydrogens (tertiary/aromatic N) is 4. The Hall–Kier alpha value is -2.15. The molecule has 0 bridgehead atoms. The Kier molecular flexibility index (Phi) is 4.89. The van der Waals surface area contributed by atoms with E-state index in [-0.39, 0.29) is 5.56 Å². The standard InChI is InChI=1S/C13H19N5O2/c1-2-17-9-11(7-15-17)10-18-13(19)6-12(8-16-18)20-5-3-4-14/h6-9H,2-5,10,14H2,1H3. The largest absolute Gasteiger partial charge is 0.492 e. The molecule has 0 amide bonds. The van der Waals surface area contributed by atoms with E-state index in [1.165, 1.54) is 10.7 Å². The van der Waals surface area contributed by atoms with Crippen molar-refractivity contribution in [3.8, 4) is 5.75 Å². The molecule has 0 atom stereocenters. The van der Waals surface area contributed by atoms with Crippen LogP contribution in [0.4, 0.5) is 0 Å². The van der Waals surface area contributed by atoms with E-state index < -0.39 is 0 Å². The minimum Gasteiger partial charge on any atom is -0.492 e. The highest BCUT2D eigenvalue weighted by molar-refractivity contribution is 5.14. The van der Waals surface area contributed by atoms with Gasteiger partial charge >= 0.3 is 0 Å². The molecule has 7 heteroatoms. The van der Waals surface area contributed by atoms with Crippen molar-refractivity contribution in [1.82, 2.24) is 19.6 Å². The zero-order chi connectivity index (χ0) is 14.4. The molecule has 0 radical (unpaired) electrons. The Morgan fingerprint density at radius 3 is 2.85 bits per heavy atom. The highest BCUT2D eigenvalue weighted by Gasteiger charge is 2.04. The Balaban J connectivity index is 2.03. The first kappa shape index (κ1) is 14.3. The molecule has 20 heavy (non-hydrogen) atoms. The summed E-state index contributed by atoms with van der Waals surface area (Å²) in [4.78, 5) is 11.9. The normalized spacial score (nSPS) is 10.7. The predicted octanol–water partition coefficient (Wildman–Crippen LogP) is 0.236. The highest BCUT2D eigenvalue weighted by Crippen LogP contribution is 2.05. The average molecular weight is 277 g/mol. The molecular weight excluding hydrogens is 258 g/mol. The van der Waals surface area contributed by atoms with Gasteiger partial charge in [-0.2, -0.15) is 10.2 Å². The van der Waals surface area contributed by atoms with Crippen LogP contribution < -0.4 is 16.0 Å². The molecule has 108 valence electrons. The summed E-state index contributed by atoms with van der Waals surface area (Å²) < 4.78 is 8.57. The van der Waals surface area contributed by atoms with Crippen LogP contribution in [-0.2, 0) is 13.1 Å². The van der Waals surface area contributed by atoms with Gasteiger partial charge in [0.05, 0.1) is 25.5 Å². The van der Waals surface area contributed by atoms with E-state index in [9.17, 15) is 4.79 Å². The third-order valence-electron chi connectivity index (χ3n) is 2.80. The summed E-state index contributed by atoms with van der Waals surface area (Å²) in [6.45, 7) is 4.27. The van der Waals surface area contributed by atoms with Crippen molar-refractivity contribution in [1.29, 1.82) is 0 Å². The lowest BCUT2D eigenvalue weighted by molar-refractivity contribution is 0.309. The van der Waals surface area contributed by atoms with Gasteiger partial charge in [-0.3, -0.25) is 9.48 Å². The summed E-state index contributed by atoms with van der Waals surface area (Å²) in [5.41, 5.74) is 6.12. The molecule has 0 saturated heterocycles. The van der Waals surface area contributed by atoms with Crippen molar-refractivity contribution < 1.29 is 4.74 Å². The van der Waals surface area contributed by atoms with E-state index in [4.69, 9.17) is 10.5 Å². The van der Waals surface area contributed by atoms with E-state index >= 15 is 0 Å². The van der Waals surface area contributed by atoms with E-state index in [1.807, 2.05) is 17.8 Å². The lowest BCUT2D eigenvalue weighted by Crippen LogP contribution is -2.22. The lowest BCUT2D eigenvalue weighted by atomic mass is 10.3. The van der Waals surface area contributed by atoms with Crippen LogP contribution >= 0.6 is 0 Å². The predicted molar refractivity (Wildman–Crippen MR) is 74.7 cm³/mol. The van der Waals surface area contributed by atoms with Crippen molar-refractivity contribution in [3.05, 3.63) is 40.6 Å². The van der Waals surface area contributed by atoms with Crippen LogP contribution in [0.1, 0.15) is 18.9 Å². The smallest absolute Gasteiger partial charge is 0.270 e. The van der Waals surface area contributed by atoms with Gasteiger partial charge in [0.25, 0.3) is 5.56 Å². The van der Waals surface area contributed by atoms with E-state index in [1.54, 1.807) is 12.4 Å². The van der Waals surface area contributed by atoms with Crippen molar-refractivity contribution >= 4 is 0 Å². The first-order valence-electron chi connectivity index (χ1n) is 6.64. The summed E-state index contributed by atoms with van der Waals surface area (Å²) in [6, 6.07) is 1.44. The number of nitrogens with two attached hydrogens (primary N) is 1. The minimum atomic E-state index is -0.195. The Bertz CT molecular complexity index is 605. The molecule has 2 rings (SSSR count). The topological polar surface area (TPSA) is 88.0 Å². The van der Waals surface area contributed by atoms with Gasteiger partial charge in [-0.1, -0.05) is 0 Å². The number of hydrogen-bond acceptors (Lipinski definition) is 5. The summed E-state index contributed by atoms with van der Waals surface area (Å²) in [6.07, 6.45) is 5.94. The number of rotatable bonds is 7. The van der Waals surface area contributed by atoms with Crippen molar-refractivity contribution in [2.24, 2.45) is 5.73 Å². The molecule has 0 aliphatic rings. The van der Waals surface area contributed by atoms with E-state index in [0.717, 1.165) is 18.5 Å². The third kappa shape index (κ3) is 3.67. The van der Waals surface area contributed by atoms with Crippen LogP contribution in [0, 0.1) is 0 Å². The molecule has 0 saturated carbocycles. The van der Waals surface area contributed by atoms with Gasteiger partial charge in [0, 0.05) is 24.4 Å². The van der Waals surface area contributed by atoms with Gasteiger partial charge in [-0.25, -0.2) is 4.68 Å². The fourth-order valence-corrected chi connectivity index (χ4v) is 1.72. The van der Waals surface area contributed by atoms with Crippen LogP contribution in [0.3, 0.4) is 0 Å². The maximum atomic E-state index is 11.9. The van der Waals surface area contributed by atoms with Gasteiger partial charge < -0.3 is 10.5 Å². The van der Waals surface area contributed by atoms with Crippen LogP contribution in [-0.4, -0.2) is 32.7 Å². The number of aryl methyl sites for hydroxylation is 1. The maximum absolute atomic E-state index is 11.9.